The molecule has 2 aliphatic rings. The summed E-state index contributed by atoms with van der Waals surface area (Å²) >= 11 is 1.15. The van der Waals surface area contributed by atoms with Crippen LogP contribution in [0.5, 0.6) is 23.0 Å². The Kier molecular flexibility index (Phi) is 7.37. The summed E-state index contributed by atoms with van der Waals surface area (Å²) in [7, 11) is 1.54. The van der Waals surface area contributed by atoms with Crippen LogP contribution in [0.4, 0.5) is 0 Å². The molecule has 0 amide bonds. The lowest BCUT2D eigenvalue weighted by Gasteiger charge is -2.24. The molecule has 0 saturated heterocycles. The summed E-state index contributed by atoms with van der Waals surface area (Å²) in [5.41, 5.74) is 3.27. The molecule has 0 bridgehead atoms. The first-order chi connectivity index (χ1) is 18.4. The second kappa shape index (κ2) is 10.9. The first kappa shape index (κ1) is 25.8. The van der Waals surface area contributed by atoms with Crippen molar-refractivity contribution in [2.45, 2.75) is 30.1 Å². The van der Waals surface area contributed by atoms with Gasteiger partial charge in [-0.1, -0.05) is 25.1 Å². The molecule has 3 atom stereocenters. The highest BCUT2D eigenvalue weighted by Gasteiger charge is 2.47. The molecule has 38 heavy (non-hydrogen) atoms. The van der Waals surface area contributed by atoms with Crippen molar-refractivity contribution in [1.29, 1.82) is 0 Å². The molecule has 3 aromatic carbocycles. The molecular formula is C29H28O8S. The number of hydrogen-bond acceptors (Lipinski definition) is 7. The van der Waals surface area contributed by atoms with E-state index < -0.39 is 29.7 Å². The summed E-state index contributed by atoms with van der Waals surface area (Å²) in [5, 5.41) is 20.0. The van der Waals surface area contributed by atoms with Crippen molar-refractivity contribution >= 4 is 23.7 Å². The highest BCUT2D eigenvalue weighted by atomic mass is 32.2. The Morgan fingerprint density at radius 3 is 2.42 bits per heavy atom. The monoisotopic (exact) mass is 536 g/mol. The number of fused-ring (bicyclic) bond motifs is 2. The highest BCUT2D eigenvalue weighted by molar-refractivity contribution is 8.00. The number of aliphatic carboxylic acids is 2. The zero-order valence-corrected chi connectivity index (χ0v) is 21.8. The summed E-state index contributed by atoms with van der Waals surface area (Å²) in [6.07, 6.45) is 0.840. The van der Waals surface area contributed by atoms with Gasteiger partial charge < -0.3 is 29.2 Å². The van der Waals surface area contributed by atoms with Crippen LogP contribution in [0.1, 0.15) is 47.4 Å². The predicted molar refractivity (Wildman–Crippen MR) is 141 cm³/mol. The lowest BCUT2D eigenvalue weighted by Crippen LogP contribution is -2.24. The van der Waals surface area contributed by atoms with Gasteiger partial charge in [0.25, 0.3) is 0 Å². The molecular weight excluding hydrogens is 508 g/mol. The molecule has 8 nitrogen and oxygen atoms in total. The average molecular weight is 537 g/mol. The SMILES string of the molecule is CCCOc1ccc2c(c1)C(c1ccc(OC)cc1SCC(=O)O)C(C(=O)O)C2c1ccc2c(c1)OCO2. The molecule has 0 fully saturated rings. The number of carbonyl (C=O) groups is 2. The van der Waals surface area contributed by atoms with E-state index in [1.165, 1.54) is 0 Å². The third-order valence-electron chi connectivity index (χ3n) is 6.87. The van der Waals surface area contributed by atoms with Gasteiger partial charge in [-0.25, -0.2) is 0 Å². The third kappa shape index (κ3) is 4.86. The molecule has 0 aromatic heterocycles. The Labute approximate surface area is 224 Å². The third-order valence-corrected chi connectivity index (χ3v) is 7.92. The van der Waals surface area contributed by atoms with Crippen molar-refractivity contribution in [2.75, 3.05) is 26.3 Å². The van der Waals surface area contributed by atoms with Crippen LogP contribution in [0.3, 0.4) is 0 Å². The van der Waals surface area contributed by atoms with Gasteiger partial charge in [0.05, 0.1) is 25.4 Å². The largest absolute Gasteiger partial charge is 0.497 e. The molecule has 3 unspecified atom stereocenters. The summed E-state index contributed by atoms with van der Waals surface area (Å²) < 4.78 is 22.4. The molecule has 1 aliphatic carbocycles. The van der Waals surface area contributed by atoms with Crippen LogP contribution in [0.2, 0.25) is 0 Å². The van der Waals surface area contributed by atoms with E-state index in [1.54, 1.807) is 19.2 Å². The maximum Gasteiger partial charge on any atom is 0.313 e. The van der Waals surface area contributed by atoms with Crippen molar-refractivity contribution < 1.29 is 38.7 Å². The average Bonchev–Trinajstić information content (AvgIpc) is 3.52. The van der Waals surface area contributed by atoms with Crippen LogP contribution >= 0.6 is 11.8 Å². The van der Waals surface area contributed by atoms with E-state index in [2.05, 4.69) is 0 Å². The van der Waals surface area contributed by atoms with Gasteiger partial charge in [-0.2, -0.15) is 0 Å². The second-order valence-electron chi connectivity index (χ2n) is 9.16. The van der Waals surface area contributed by atoms with Gasteiger partial charge >= 0.3 is 11.9 Å². The van der Waals surface area contributed by atoms with Crippen LogP contribution in [0.25, 0.3) is 0 Å². The number of hydrogen-bond donors (Lipinski definition) is 2. The fourth-order valence-corrected chi connectivity index (χ4v) is 6.14. The minimum absolute atomic E-state index is 0.124. The van der Waals surface area contributed by atoms with E-state index >= 15 is 0 Å². The van der Waals surface area contributed by atoms with E-state index in [1.807, 2.05) is 49.4 Å². The Morgan fingerprint density at radius 2 is 1.68 bits per heavy atom. The van der Waals surface area contributed by atoms with Gasteiger partial charge in [-0.05, 0) is 65.1 Å². The van der Waals surface area contributed by atoms with Gasteiger partial charge in [0, 0.05) is 16.7 Å². The topological polar surface area (TPSA) is 112 Å². The Morgan fingerprint density at radius 1 is 0.921 bits per heavy atom. The number of rotatable bonds is 10. The summed E-state index contributed by atoms with van der Waals surface area (Å²) in [6.45, 7) is 2.69. The maximum atomic E-state index is 13.0. The fraction of sp³-hybridized carbons (Fsp3) is 0.310. The number of carboxylic acid groups (broad SMARTS) is 2. The Balaban J connectivity index is 1.69. The molecule has 0 saturated carbocycles. The minimum atomic E-state index is -0.959. The van der Waals surface area contributed by atoms with Crippen LogP contribution in [0, 0.1) is 5.92 Å². The van der Waals surface area contributed by atoms with Crippen molar-refractivity contribution in [3.8, 4) is 23.0 Å². The van der Waals surface area contributed by atoms with E-state index in [4.69, 9.17) is 18.9 Å². The number of ether oxygens (including phenoxy) is 4. The standard InChI is InChI=1S/C29H28O8S/c1-3-10-35-18-6-7-19-21(12-18)27(20-8-5-17(34-2)13-24(20)38-14-25(30)31)28(29(32)33)26(19)16-4-9-22-23(11-16)37-15-36-22/h4-9,11-13,26-28H,3,10,14-15H2,1-2H3,(H,30,31)(H,32,33). The second-order valence-corrected chi connectivity index (χ2v) is 10.2. The molecule has 0 spiro atoms. The van der Waals surface area contributed by atoms with Crippen molar-refractivity contribution in [1.82, 2.24) is 0 Å². The molecule has 198 valence electrons. The smallest absolute Gasteiger partial charge is 0.313 e. The molecule has 0 radical (unpaired) electrons. The number of carboxylic acids is 2. The Bertz CT molecular complexity index is 1370. The normalized spacial score (nSPS) is 19.2. The van der Waals surface area contributed by atoms with Crippen LogP contribution in [0.15, 0.2) is 59.5 Å². The van der Waals surface area contributed by atoms with E-state index in [0.29, 0.717) is 34.5 Å². The van der Waals surface area contributed by atoms with Gasteiger partial charge in [0.1, 0.15) is 11.5 Å². The van der Waals surface area contributed by atoms with Gasteiger partial charge in [0.15, 0.2) is 11.5 Å². The number of benzene rings is 3. The fourth-order valence-electron chi connectivity index (χ4n) is 5.30. The molecule has 1 aliphatic heterocycles. The molecule has 9 heteroatoms. The van der Waals surface area contributed by atoms with E-state index in [9.17, 15) is 19.8 Å². The lowest BCUT2D eigenvalue weighted by atomic mass is 9.79. The zero-order chi connectivity index (χ0) is 26.8. The van der Waals surface area contributed by atoms with Crippen molar-refractivity contribution in [3.63, 3.8) is 0 Å². The lowest BCUT2D eigenvalue weighted by molar-refractivity contribution is -0.142. The van der Waals surface area contributed by atoms with Crippen molar-refractivity contribution in [2.24, 2.45) is 5.92 Å². The molecule has 3 aromatic rings. The number of methoxy groups -OCH3 is 1. The minimum Gasteiger partial charge on any atom is -0.497 e. The Hall–Kier alpha value is -3.85. The summed E-state index contributed by atoms with van der Waals surface area (Å²) in [5.74, 6) is -1.51. The van der Waals surface area contributed by atoms with Crippen LogP contribution in [-0.2, 0) is 9.59 Å². The van der Waals surface area contributed by atoms with Gasteiger partial charge in [-0.15, -0.1) is 11.8 Å². The summed E-state index contributed by atoms with van der Waals surface area (Å²) in [6, 6.07) is 16.7. The van der Waals surface area contributed by atoms with E-state index in [-0.39, 0.29) is 12.5 Å². The molecule has 1 heterocycles. The quantitative estimate of drug-likeness (QED) is 0.330. The van der Waals surface area contributed by atoms with Gasteiger partial charge in [-0.3, -0.25) is 9.59 Å². The zero-order valence-electron chi connectivity index (χ0n) is 21.0. The van der Waals surface area contributed by atoms with Gasteiger partial charge in [0.2, 0.25) is 6.79 Å². The molecule has 5 rings (SSSR count). The number of thioether (sulfide) groups is 1. The maximum absolute atomic E-state index is 13.0. The van der Waals surface area contributed by atoms with Crippen molar-refractivity contribution in [3.05, 3.63) is 76.9 Å². The van der Waals surface area contributed by atoms with Crippen LogP contribution < -0.4 is 18.9 Å². The van der Waals surface area contributed by atoms with E-state index in [0.717, 1.165) is 40.4 Å². The first-order valence-corrected chi connectivity index (χ1v) is 13.3. The summed E-state index contributed by atoms with van der Waals surface area (Å²) in [4.78, 5) is 25.1. The first-order valence-electron chi connectivity index (χ1n) is 12.3. The predicted octanol–water partition coefficient (Wildman–Crippen LogP) is 5.37. The molecule has 2 N–H and O–H groups in total. The highest BCUT2D eigenvalue weighted by Crippen LogP contribution is 2.55. The van der Waals surface area contributed by atoms with Crippen LogP contribution in [-0.4, -0.2) is 48.4 Å².